The van der Waals surface area contributed by atoms with Gasteiger partial charge < -0.3 is 15.0 Å². The van der Waals surface area contributed by atoms with Crippen LogP contribution >= 0.6 is 0 Å². The van der Waals surface area contributed by atoms with Crippen LogP contribution in [0, 0.1) is 12.8 Å². The van der Waals surface area contributed by atoms with Crippen LogP contribution in [0.25, 0.3) is 0 Å². The summed E-state index contributed by atoms with van der Waals surface area (Å²) in [5.74, 6) is 0.0984. The van der Waals surface area contributed by atoms with Crippen LogP contribution in [0.15, 0.2) is 48.7 Å². The molecule has 2 unspecified atom stereocenters. The monoisotopic (exact) mass is 395 g/mol. The molecule has 1 aromatic carbocycles. The van der Waals surface area contributed by atoms with E-state index in [-0.39, 0.29) is 23.8 Å². The second kappa shape index (κ2) is 10.2. The average Bonchev–Trinajstić information content (AvgIpc) is 2.76. The molecule has 2 aromatic rings. The van der Waals surface area contributed by atoms with Gasteiger partial charge >= 0.3 is 0 Å². The van der Waals surface area contributed by atoms with E-state index in [4.69, 9.17) is 4.74 Å². The molecule has 6 nitrogen and oxygen atoms in total. The van der Waals surface area contributed by atoms with E-state index in [1.54, 1.807) is 13.3 Å². The fourth-order valence-electron chi connectivity index (χ4n) is 3.90. The molecule has 0 bridgehead atoms. The van der Waals surface area contributed by atoms with E-state index >= 15 is 0 Å². The number of hydrogen-bond donors (Lipinski definition) is 1. The number of hydrogen-bond acceptors (Lipinski definition) is 4. The van der Waals surface area contributed by atoms with Crippen molar-refractivity contribution in [3.05, 3.63) is 65.5 Å². The van der Waals surface area contributed by atoms with Crippen LogP contribution < -0.4 is 5.32 Å². The SMILES string of the molecule is COCCC(=O)N1CCCC(C(NC(=O)c2ccccc2C)c2ccccn2)C1. The third-order valence-corrected chi connectivity index (χ3v) is 5.48. The maximum absolute atomic E-state index is 13.0. The predicted molar refractivity (Wildman–Crippen MR) is 111 cm³/mol. The normalized spacial score (nSPS) is 17.6. The summed E-state index contributed by atoms with van der Waals surface area (Å²) in [6, 6.07) is 13.0. The van der Waals surface area contributed by atoms with Gasteiger partial charge in [-0.25, -0.2) is 0 Å². The lowest BCUT2D eigenvalue weighted by molar-refractivity contribution is -0.134. The van der Waals surface area contributed by atoms with E-state index in [0.717, 1.165) is 30.6 Å². The lowest BCUT2D eigenvalue weighted by Gasteiger charge is -2.37. The first-order valence-electron chi connectivity index (χ1n) is 10.1. The fraction of sp³-hybridized carbons (Fsp3) is 0.435. The summed E-state index contributed by atoms with van der Waals surface area (Å²) in [6.45, 7) is 3.72. The van der Waals surface area contributed by atoms with Crippen LogP contribution in [0.5, 0.6) is 0 Å². The number of pyridine rings is 1. The highest BCUT2D eigenvalue weighted by molar-refractivity contribution is 5.95. The molecule has 0 saturated carbocycles. The van der Waals surface area contributed by atoms with Gasteiger partial charge in [-0.2, -0.15) is 0 Å². The average molecular weight is 396 g/mol. The summed E-state index contributed by atoms with van der Waals surface area (Å²) in [6.07, 6.45) is 3.97. The van der Waals surface area contributed by atoms with Gasteiger partial charge in [-0.05, 0) is 43.5 Å². The first-order valence-corrected chi connectivity index (χ1v) is 10.1. The molecule has 1 fully saturated rings. The molecule has 1 aromatic heterocycles. The number of ether oxygens (including phenoxy) is 1. The highest BCUT2D eigenvalue weighted by Gasteiger charge is 2.32. The molecule has 1 aliphatic rings. The minimum absolute atomic E-state index is 0.0987. The molecule has 0 spiro atoms. The molecule has 29 heavy (non-hydrogen) atoms. The number of aromatic nitrogens is 1. The van der Waals surface area contributed by atoms with Gasteiger partial charge in [0.2, 0.25) is 5.91 Å². The number of likely N-dealkylation sites (tertiary alicyclic amines) is 1. The number of amides is 2. The van der Waals surface area contributed by atoms with Crippen molar-refractivity contribution in [2.75, 3.05) is 26.8 Å². The number of methoxy groups -OCH3 is 1. The second-order valence-electron chi connectivity index (χ2n) is 7.51. The minimum Gasteiger partial charge on any atom is -0.384 e. The Labute approximate surface area is 172 Å². The zero-order valence-corrected chi connectivity index (χ0v) is 17.1. The Bertz CT molecular complexity index is 825. The van der Waals surface area contributed by atoms with Crippen LogP contribution in [0.4, 0.5) is 0 Å². The summed E-state index contributed by atoms with van der Waals surface area (Å²) in [4.78, 5) is 31.9. The molecular formula is C23H29N3O3. The van der Waals surface area contributed by atoms with Gasteiger partial charge in [-0.15, -0.1) is 0 Å². The van der Waals surface area contributed by atoms with E-state index in [0.29, 0.717) is 25.1 Å². The largest absolute Gasteiger partial charge is 0.384 e. The van der Waals surface area contributed by atoms with Crippen molar-refractivity contribution in [3.63, 3.8) is 0 Å². The maximum atomic E-state index is 13.0. The van der Waals surface area contributed by atoms with Gasteiger partial charge in [0.1, 0.15) is 0 Å². The van der Waals surface area contributed by atoms with Crippen molar-refractivity contribution >= 4 is 11.8 Å². The molecule has 2 heterocycles. The summed E-state index contributed by atoms with van der Waals surface area (Å²) < 4.78 is 5.05. The number of benzene rings is 1. The summed E-state index contributed by atoms with van der Waals surface area (Å²) in [5, 5.41) is 3.20. The summed E-state index contributed by atoms with van der Waals surface area (Å²) in [5.41, 5.74) is 2.42. The van der Waals surface area contributed by atoms with Crippen molar-refractivity contribution in [1.82, 2.24) is 15.2 Å². The first kappa shape index (κ1) is 21.0. The molecule has 1 N–H and O–H groups in total. The summed E-state index contributed by atoms with van der Waals surface area (Å²) in [7, 11) is 1.60. The van der Waals surface area contributed by atoms with Crippen molar-refractivity contribution in [2.45, 2.75) is 32.2 Å². The lowest BCUT2D eigenvalue weighted by atomic mass is 9.88. The predicted octanol–water partition coefficient (Wildman–Crippen LogP) is 3.14. The van der Waals surface area contributed by atoms with Gasteiger partial charge in [0.15, 0.2) is 0 Å². The van der Waals surface area contributed by atoms with Gasteiger partial charge in [0.25, 0.3) is 5.91 Å². The third kappa shape index (κ3) is 5.41. The highest BCUT2D eigenvalue weighted by atomic mass is 16.5. The summed E-state index contributed by atoms with van der Waals surface area (Å²) >= 11 is 0. The van der Waals surface area contributed by atoms with Crippen molar-refractivity contribution in [1.29, 1.82) is 0 Å². The van der Waals surface area contributed by atoms with Crippen molar-refractivity contribution in [2.24, 2.45) is 5.92 Å². The van der Waals surface area contributed by atoms with E-state index in [1.165, 1.54) is 0 Å². The molecule has 0 radical (unpaired) electrons. The first-order chi connectivity index (χ1) is 14.1. The molecule has 6 heteroatoms. The topological polar surface area (TPSA) is 71.5 Å². The quantitative estimate of drug-likeness (QED) is 0.782. The Morgan fingerprint density at radius 1 is 1.24 bits per heavy atom. The fourth-order valence-corrected chi connectivity index (χ4v) is 3.90. The molecule has 2 amide bonds. The maximum Gasteiger partial charge on any atom is 0.252 e. The number of rotatable bonds is 7. The Balaban J connectivity index is 1.80. The molecule has 1 saturated heterocycles. The van der Waals surface area contributed by atoms with Crippen molar-refractivity contribution in [3.8, 4) is 0 Å². The molecule has 2 atom stereocenters. The molecule has 0 aliphatic carbocycles. The zero-order chi connectivity index (χ0) is 20.6. The van der Waals surface area contributed by atoms with E-state index in [9.17, 15) is 9.59 Å². The lowest BCUT2D eigenvalue weighted by Crippen LogP contribution is -2.45. The Kier molecular flexibility index (Phi) is 7.36. The minimum atomic E-state index is -0.249. The van der Waals surface area contributed by atoms with Gasteiger partial charge in [-0.1, -0.05) is 24.3 Å². The highest BCUT2D eigenvalue weighted by Crippen LogP contribution is 2.30. The third-order valence-electron chi connectivity index (χ3n) is 5.48. The Morgan fingerprint density at radius 3 is 2.76 bits per heavy atom. The van der Waals surface area contributed by atoms with Gasteiger partial charge in [-0.3, -0.25) is 14.6 Å². The number of piperidine rings is 1. The van der Waals surface area contributed by atoms with Crippen LogP contribution in [0.3, 0.4) is 0 Å². The smallest absolute Gasteiger partial charge is 0.252 e. The Morgan fingerprint density at radius 2 is 2.03 bits per heavy atom. The van der Waals surface area contributed by atoms with E-state index in [2.05, 4.69) is 10.3 Å². The molecule has 1 aliphatic heterocycles. The van der Waals surface area contributed by atoms with Crippen LogP contribution in [0.2, 0.25) is 0 Å². The van der Waals surface area contributed by atoms with Crippen LogP contribution in [0.1, 0.15) is 46.9 Å². The number of nitrogens with zero attached hydrogens (tertiary/aromatic N) is 2. The number of carbonyl (C=O) groups is 2. The molecular weight excluding hydrogens is 366 g/mol. The number of nitrogens with one attached hydrogen (secondary N) is 1. The standard InChI is InChI=1S/C23H29N3O3/c1-17-8-3-4-10-19(17)23(28)25-22(20-11-5-6-13-24-20)18-9-7-14-26(16-18)21(27)12-15-29-2/h3-6,8,10-11,13,18,22H,7,9,12,14-16H2,1-2H3,(H,25,28). The molecule has 3 rings (SSSR count). The van der Waals surface area contributed by atoms with Crippen LogP contribution in [-0.2, 0) is 9.53 Å². The second-order valence-corrected chi connectivity index (χ2v) is 7.51. The van der Waals surface area contributed by atoms with Crippen LogP contribution in [-0.4, -0.2) is 48.5 Å². The van der Waals surface area contributed by atoms with Gasteiger partial charge in [0.05, 0.1) is 24.8 Å². The number of carbonyl (C=O) groups excluding carboxylic acids is 2. The molecule has 154 valence electrons. The Hall–Kier alpha value is -2.73. The zero-order valence-electron chi connectivity index (χ0n) is 17.1. The number of aryl methyl sites for hydroxylation is 1. The van der Waals surface area contributed by atoms with E-state index in [1.807, 2.05) is 54.3 Å². The van der Waals surface area contributed by atoms with Gasteiger partial charge in [0, 0.05) is 37.9 Å². The van der Waals surface area contributed by atoms with E-state index < -0.39 is 0 Å². The van der Waals surface area contributed by atoms with Crippen molar-refractivity contribution < 1.29 is 14.3 Å².